The Morgan fingerprint density at radius 2 is 1.90 bits per heavy atom. The lowest BCUT2D eigenvalue weighted by molar-refractivity contribution is -0.384. The normalized spacial score (nSPS) is 14.8. The molecular formula is C20H16F3N3O4. The average Bonchev–Trinajstić information content (AvgIpc) is 2.73. The molecule has 0 saturated carbocycles. The summed E-state index contributed by atoms with van der Waals surface area (Å²) in [5.74, 6) is -0.688. The summed E-state index contributed by atoms with van der Waals surface area (Å²) in [6, 6.07) is 10.5. The van der Waals surface area contributed by atoms with Gasteiger partial charge in [0.05, 0.1) is 28.0 Å². The number of carbonyl (C=O) groups is 1. The van der Waals surface area contributed by atoms with Crippen LogP contribution in [0.5, 0.6) is 5.75 Å². The topological polar surface area (TPSA) is 96.5 Å². The summed E-state index contributed by atoms with van der Waals surface area (Å²) < 4.78 is 43.9. The molecule has 0 N–H and O–H groups in total. The zero-order chi connectivity index (χ0) is 21.9. The molecular weight excluding hydrogens is 403 g/mol. The largest absolute Gasteiger partial charge is 0.426 e. The summed E-state index contributed by atoms with van der Waals surface area (Å²) in [5, 5.41) is 20.2. The number of piperidine rings is 1. The molecule has 7 nitrogen and oxygen atoms in total. The van der Waals surface area contributed by atoms with Crippen LogP contribution in [-0.2, 0) is 11.0 Å². The van der Waals surface area contributed by atoms with Gasteiger partial charge < -0.3 is 9.64 Å². The highest BCUT2D eigenvalue weighted by Gasteiger charge is 2.35. The van der Waals surface area contributed by atoms with Crippen LogP contribution in [0.2, 0.25) is 0 Å². The van der Waals surface area contributed by atoms with E-state index in [1.165, 1.54) is 6.07 Å². The van der Waals surface area contributed by atoms with Gasteiger partial charge in [-0.05, 0) is 43.2 Å². The first-order chi connectivity index (χ1) is 14.2. The smallest absolute Gasteiger partial charge is 0.416 e. The molecule has 30 heavy (non-hydrogen) atoms. The van der Waals surface area contributed by atoms with Crippen molar-refractivity contribution < 1.29 is 27.6 Å². The molecule has 0 spiro atoms. The minimum atomic E-state index is -4.68. The van der Waals surface area contributed by atoms with E-state index < -0.39 is 34.2 Å². The number of nitrogens with zero attached hydrogens (tertiary/aromatic N) is 3. The van der Waals surface area contributed by atoms with E-state index in [2.05, 4.69) is 0 Å². The van der Waals surface area contributed by atoms with Crippen molar-refractivity contribution in [1.29, 1.82) is 5.26 Å². The van der Waals surface area contributed by atoms with Crippen molar-refractivity contribution in [1.82, 2.24) is 0 Å². The molecule has 0 atom stereocenters. The van der Waals surface area contributed by atoms with Gasteiger partial charge in [-0.2, -0.15) is 18.4 Å². The fourth-order valence-corrected chi connectivity index (χ4v) is 3.30. The maximum Gasteiger partial charge on any atom is 0.416 e. The number of nitro groups is 1. The van der Waals surface area contributed by atoms with Crippen LogP contribution in [0.1, 0.15) is 24.0 Å². The summed E-state index contributed by atoms with van der Waals surface area (Å²) in [6.07, 6.45) is -4.02. The first-order valence-corrected chi connectivity index (χ1v) is 9.01. The highest BCUT2D eigenvalue weighted by molar-refractivity contribution is 5.76. The number of esters is 1. The second-order valence-corrected chi connectivity index (χ2v) is 6.78. The lowest BCUT2D eigenvalue weighted by atomic mass is 9.96. The Hall–Kier alpha value is -3.61. The molecule has 10 heteroatoms. The van der Waals surface area contributed by atoms with Crippen LogP contribution in [-0.4, -0.2) is 24.0 Å². The Morgan fingerprint density at radius 3 is 2.50 bits per heavy atom. The molecule has 2 aromatic carbocycles. The van der Waals surface area contributed by atoms with Crippen LogP contribution in [0, 0.1) is 27.4 Å². The van der Waals surface area contributed by atoms with Gasteiger partial charge in [0.1, 0.15) is 11.4 Å². The molecule has 0 bridgehead atoms. The van der Waals surface area contributed by atoms with Crippen molar-refractivity contribution >= 4 is 17.3 Å². The van der Waals surface area contributed by atoms with Crippen molar-refractivity contribution in [2.24, 2.45) is 5.92 Å². The van der Waals surface area contributed by atoms with Gasteiger partial charge in [0.25, 0.3) is 5.69 Å². The van der Waals surface area contributed by atoms with E-state index in [1.54, 1.807) is 23.1 Å². The van der Waals surface area contributed by atoms with Crippen LogP contribution in [0.3, 0.4) is 0 Å². The van der Waals surface area contributed by atoms with E-state index in [0.717, 1.165) is 12.1 Å². The number of carbonyl (C=O) groups excluding carboxylic acids is 1. The Balaban J connectivity index is 1.68. The molecule has 1 heterocycles. The summed E-state index contributed by atoms with van der Waals surface area (Å²) in [4.78, 5) is 24.4. The van der Waals surface area contributed by atoms with Crippen LogP contribution in [0.25, 0.3) is 0 Å². The number of ether oxygens (including phenoxy) is 1. The molecule has 0 amide bonds. The van der Waals surface area contributed by atoms with Crippen molar-refractivity contribution in [2.75, 3.05) is 18.0 Å². The quantitative estimate of drug-likeness (QED) is 0.317. The predicted octanol–water partition coefficient (Wildman–Crippen LogP) is 4.31. The molecule has 0 unspecified atom stereocenters. The van der Waals surface area contributed by atoms with Crippen molar-refractivity contribution in [2.45, 2.75) is 19.0 Å². The van der Waals surface area contributed by atoms with Gasteiger partial charge in [-0.25, -0.2) is 0 Å². The third-order valence-corrected chi connectivity index (χ3v) is 4.85. The molecule has 1 aliphatic rings. The van der Waals surface area contributed by atoms with E-state index in [-0.39, 0.29) is 24.5 Å². The number of anilines is 1. The molecule has 156 valence electrons. The van der Waals surface area contributed by atoms with Gasteiger partial charge >= 0.3 is 12.1 Å². The van der Waals surface area contributed by atoms with Crippen molar-refractivity contribution in [3.05, 3.63) is 63.7 Å². The van der Waals surface area contributed by atoms with Gasteiger partial charge in [0.15, 0.2) is 0 Å². The molecule has 0 radical (unpaired) electrons. The van der Waals surface area contributed by atoms with Gasteiger partial charge in [-0.15, -0.1) is 0 Å². The Kier molecular flexibility index (Phi) is 5.91. The van der Waals surface area contributed by atoms with Crippen LogP contribution >= 0.6 is 0 Å². The number of hydrogen-bond donors (Lipinski definition) is 0. The summed E-state index contributed by atoms with van der Waals surface area (Å²) in [6.45, 7) is 0.508. The minimum Gasteiger partial charge on any atom is -0.426 e. The third kappa shape index (κ3) is 4.68. The third-order valence-electron chi connectivity index (χ3n) is 4.85. The average molecular weight is 419 g/mol. The van der Waals surface area contributed by atoms with Gasteiger partial charge in [0.2, 0.25) is 0 Å². The van der Waals surface area contributed by atoms with E-state index in [4.69, 9.17) is 10.00 Å². The highest BCUT2D eigenvalue weighted by Crippen LogP contribution is 2.37. The number of halogens is 3. The number of rotatable bonds is 4. The van der Waals surface area contributed by atoms with Crippen LogP contribution in [0.4, 0.5) is 24.5 Å². The molecule has 3 rings (SSSR count). The van der Waals surface area contributed by atoms with Gasteiger partial charge in [-0.1, -0.05) is 6.07 Å². The SMILES string of the molecule is N#Cc1cccc(OC(=O)C2CCN(c3ccc(C(F)(F)F)cc3[N+](=O)[O-])CC2)c1. The molecule has 1 fully saturated rings. The lowest BCUT2D eigenvalue weighted by Gasteiger charge is -2.32. The number of hydrogen-bond acceptors (Lipinski definition) is 6. The van der Waals surface area contributed by atoms with E-state index in [9.17, 15) is 28.1 Å². The lowest BCUT2D eigenvalue weighted by Crippen LogP contribution is -2.38. The molecule has 1 aliphatic heterocycles. The zero-order valence-electron chi connectivity index (χ0n) is 15.6. The van der Waals surface area contributed by atoms with Crippen LogP contribution < -0.4 is 9.64 Å². The fraction of sp³-hybridized carbons (Fsp3) is 0.300. The molecule has 2 aromatic rings. The van der Waals surface area contributed by atoms with Crippen LogP contribution in [0.15, 0.2) is 42.5 Å². The number of nitro benzene ring substituents is 1. The maximum atomic E-state index is 12.9. The first kappa shape index (κ1) is 21.1. The highest BCUT2D eigenvalue weighted by atomic mass is 19.4. The monoisotopic (exact) mass is 419 g/mol. The number of nitriles is 1. The minimum absolute atomic E-state index is 0.0848. The second kappa shape index (κ2) is 8.41. The van der Waals surface area contributed by atoms with E-state index >= 15 is 0 Å². The van der Waals surface area contributed by atoms with Gasteiger partial charge in [0, 0.05) is 19.2 Å². The Labute approximate surface area is 169 Å². The predicted molar refractivity (Wildman–Crippen MR) is 99.8 cm³/mol. The molecule has 0 aromatic heterocycles. The summed E-state index contributed by atoms with van der Waals surface area (Å²) >= 11 is 0. The Bertz CT molecular complexity index is 1010. The maximum absolute atomic E-state index is 12.9. The zero-order valence-corrected chi connectivity index (χ0v) is 15.6. The molecule has 1 saturated heterocycles. The van der Waals surface area contributed by atoms with Crippen molar-refractivity contribution in [3.63, 3.8) is 0 Å². The summed E-state index contributed by atoms with van der Waals surface area (Å²) in [5.41, 5.74) is -1.28. The van der Waals surface area contributed by atoms with E-state index in [0.29, 0.717) is 24.5 Å². The molecule has 0 aliphatic carbocycles. The standard InChI is InChI=1S/C20H16F3N3O4/c21-20(22,23)15-4-5-17(18(11-15)26(28)29)25-8-6-14(7-9-25)19(27)30-16-3-1-2-13(10-16)12-24/h1-5,10-11,14H,6-9H2. The van der Waals surface area contributed by atoms with Gasteiger partial charge in [-0.3, -0.25) is 14.9 Å². The summed E-state index contributed by atoms with van der Waals surface area (Å²) in [7, 11) is 0. The fourth-order valence-electron chi connectivity index (χ4n) is 3.30. The number of alkyl halides is 3. The Morgan fingerprint density at radius 1 is 1.20 bits per heavy atom. The van der Waals surface area contributed by atoms with Crippen molar-refractivity contribution in [3.8, 4) is 11.8 Å². The first-order valence-electron chi connectivity index (χ1n) is 9.01. The van der Waals surface area contributed by atoms with E-state index in [1.807, 2.05) is 6.07 Å². The second-order valence-electron chi connectivity index (χ2n) is 6.78. The number of benzene rings is 2.